The van der Waals surface area contributed by atoms with Crippen LogP contribution in [0.25, 0.3) is 5.57 Å². The van der Waals surface area contributed by atoms with Crippen LogP contribution in [-0.2, 0) is 20.9 Å². The van der Waals surface area contributed by atoms with Crippen molar-refractivity contribution in [1.29, 1.82) is 0 Å². The van der Waals surface area contributed by atoms with Gasteiger partial charge in [-0.05, 0) is 30.2 Å². The summed E-state index contributed by atoms with van der Waals surface area (Å²) in [7, 11) is 1.47. The lowest BCUT2D eigenvalue weighted by Crippen LogP contribution is -2.36. The van der Waals surface area contributed by atoms with Gasteiger partial charge in [0, 0.05) is 24.8 Å². The van der Waals surface area contributed by atoms with Crippen LogP contribution in [0.1, 0.15) is 18.1 Å². The number of carbonyl (C=O) groups is 1. The van der Waals surface area contributed by atoms with Crippen molar-refractivity contribution >= 4 is 17.2 Å². The molecule has 1 aliphatic rings. The van der Waals surface area contributed by atoms with Crippen molar-refractivity contribution in [2.75, 3.05) is 38.3 Å². The van der Waals surface area contributed by atoms with Crippen molar-refractivity contribution in [3.63, 3.8) is 0 Å². The fourth-order valence-corrected chi connectivity index (χ4v) is 3.20. The summed E-state index contributed by atoms with van der Waals surface area (Å²) < 4.78 is 16.6. The SMILES string of the molecule is COC(C)=C(C(=O)O)c1ccccc1COc1cccc(N2CCOCC2)c1. The zero-order valence-electron chi connectivity index (χ0n) is 16.2. The highest BCUT2D eigenvalue weighted by atomic mass is 16.5. The molecule has 0 bridgehead atoms. The molecule has 0 radical (unpaired) electrons. The molecule has 0 saturated carbocycles. The number of hydrogen-bond acceptors (Lipinski definition) is 5. The first-order chi connectivity index (χ1) is 13.6. The molecule has 0 unspecified atom stereocenters. The molecule has 0 spiro atoms. The second-order valence-corrected chi connectivity index (χ2v) is 6.48. The minimum atomic E-state index is -1.03. The fraction of sp³-hybridized carbons (Fsp3) is 0.318. The predicted molar refractivity (Wildman–Crippen MR) is 107 cm³/mol. The van der Waals surface area contributed by atoms with Crippen LogP contribution in [0.2, 0.25) is 0 Å². The van der Waals surface area contributed by atoms with Gasteiger partial charge in [-0.25, -0.2) is 4.79 Å². The Morgan fingerprint density at radius 3 is 2.61 bits per heavy atom. The monoisotopic (exact) mass is 383 g/mol. The van der Waals surface area contributed by atoms with Gasteiger partial charge in [-0.2, -0.15) is 0 Å². The number of aliphatic carboxylic acids is 1. The van der Waals surface area contributed by atoms with E-state index in [4.69, 9.17) is 14.2 Å². The molecule has 1 saturated heterocycles. The zero-order valence-corrected chi connectivity index (χ0v) is 16.2. The third-order valence-corrected chi connectivity index (χ3v) is 4.75. The minimum absolute atomic E-state index is 0.142. The molecule has 1 aliphatic heterocycles. The van der Waals surface area contributed by atoms with Crippen LogP contribution in [0.4, 0.5) is 5.69 Å². The maximum Gasteiger partial charge on any atom is 0.339 e. The van der Waals surface area contributed by atoms with E-state index in [0.717, 1.165) is 43.3 Å². The molecule has 2 aromatic rings. The van der Waals surface area contributed by atoms with Crippen LogP contribution in [-0.4, -0.2) is 44.5 Å². The van der Waals surface area contributed by atoms with E-state index in [9.17, 15) is 9.90 Å². The van der Waals surface area contributed by atoms with Gasteiger partial charge in [0.1, 0.15) is 23.7 Å². The molecule has 1 heterocycles. The maximum atomic E-state index is 11.8. The van der Waals surface area contributed by atoms with E-state index >= 15 is 0 Å². The lowest BCUT2D eigenvalue weighted by molar-refractivity contribution is -0.130. The van der Waals surface area contributed by atoms with Gasteiger partial charge >= 0.3 is 5.97 Å². The Morgan fingerprint density at radius 1 is 1.14 bits per heavy atom. The first kappa shape index (κ1) is 19.8. The zero-order chi connectivity index (χ0) is 19.9. The number of anilines is 1. The fourth-order valence-electron chi connectivity index (χ4n) is 3.20. The third kappa shape index (κ3) is 4.64. The Bertz CT molecular complexity index is 856. The summed E-state index contributed by atoms with van der Waals surface area (Å²) in [5, 5.41) is 9.62. The molecule has 0 amide bonds. The van der Waals surface area contributed by atoms with Crippen molar-refractivity contribution in [1.82, 2.24) is 0 Å². The largest absolute Gasteiger partial charge is 0.500 e. The minimum Gasteiger partial charge on any atom is -0.500 e. The molecule has 28 heavy (non-hydrogen) atoms. The van der Waals surface area contributed by atoms with E-state index in [1.54, 1.807) is 13.0 Å². The highest BCUT2D eigenvalue weighted by Crippen LogP contribution is 2.26. The third-order valence-electron chi connectivity index (χ3n) is 4.75. The van der Waals surface area contributed by atoms with Gasteiger partial charge in [0.2, 0.25) is 0 Å². The van der Waals surface area contributed by atoms with Gasteiger partial charge in [-0.15, -0.1) is 0 Å². The molecule has 1 fully saturated rings. The average Bonchev–Trinajstić information content (AvgIpc) is 2.73. The first-order valence-corrected chi connectivity index (χ1v) is 9.22. The van der Waals surface area contributed by atoms with Gasteiger partial charge < -0.3 is 24.2 Å². The lowest BCUT2D eigenvalue weighted by Gasteiger charge is -2.29. The second-order valence-electron chi connectivity index (χ2n) is 6.48. The average molecular weight is 383 g/mol. The molecule has 0 aromatic heterocycles. The van der Waals surface area contributed by atoms with Crippen LogP contribution >= 0.6 is 0 Å². The highest BCUT2D eigenvalue weighted by molar-refractivity contribution is 6.16. The van der Waals surface area contributed by atoms with Gasteiger partial charge in [-0.1, -0.05) is 30.3 Å². The van der Waals surface area contributed by atoms with Crippen molar-refractivity contribution in [2.24, 2.45) is 0 Å². The summed E-state index contributed by atoms with van der Waals surface area (Å²) in [6.07, 6.45) is 0. The summed E-state index contributed by atoms with van der Waals surface area (Å²) >= 11 is 0. The predicted octanol–water partition coefficient (Wildman–Crippen LogP) is 3.56. The summed E-state index contributed by atoms with van der Waals surface area (Å²) in [5.41, 5.74) is 2.62. The van der Waals surface area contributed by atoms with Crippen LogP contribution in [0.15, 0.2) is 54.3 Å². The van der Waals surface area contributed by atoms with Gasteiger partial charge in [0.25, 0.3) is 0 Å². The Morgan fingerprint density at radius 2 is 1.89 bits per heavy atom. The van der Waals surface area contributed by atoms with Crippen LogP contribution in [0.3, 0.4) is 0 Å². The summed E-state index contributed by atoms with van der Waals surface area (Å²) in [5.74, 6) is 0.0680. The smallest absolute Gasteiger partial charge is 0.339 e. The molecule has 1 N–H and O–H groups in total. The summed E-state index contributed by atoms with van der Waals surface area (Å²) in [4.78, 5) is 14.0. The Balaban J connectivity index is 1.80. The Hall–Kier alpha value is -2.99. The lowest BCUT2D eigenvalue weighted by atomic mass is 9.99. The number of carboxylic acids is 1. The van der Waals surface area contributed by atoms with E-state index in [2.05, 4.69) is 11.0 Å². The van der Waals surface area contributed by atoms with E-state index in [1.165, 1.54) is 7.11 Å². The Kier molecular flexibility index (Phi) is 6.55. The van der Waals surface area contributed by atoms with Gasteiger partial charge in [-0.3, -0.25) is 0 Å². The second kappa shape index (κ2) is 9.28. The number of nitrogens with zero attached hydrogens (tertiary/aromatic N) is 1. The molecule has 0 aliphatic carbocycles. The molecule has 3 rings (SSSR count). The van der Waals surface area contributed by atoms with Crippen molar-refractivity contribution in [3.8, 4) is 5.75 Å². The van der Waals surface area contributed by atoms with Gasteiger partial charge in [0.15, 0.2) is 0 Å². The van der Waals surface area contributed by atoms with Gasteiger partial charge in [0.05, 0.1) is 20.3 Å². The van der Waals surface area contributed by atoms with Crippen molar-refractivity contribution < 1.29 is 24.1 Å². The van der Waals surface area contributed by atoms with E-state index < -0.39 is 5.97 Å². The molecular weight excluding hydrogens is 358 g/mol. The summed E-state index contributed by atoms with van der Waals surface area (Å²) in [6.45, 7) is 5.07. The molecule has 6 nitrogen and oxygen atoms in total. The van der Waals surface area contributed by atoms with Crippen molar-refractivity contribution in [2.45, 2.75) is 13.5 Å². The molecule has 2 aromatic carbocycles. The molecule has 6 heteroatoms. The number of allylic oxidation sites excluding steroid dienone is 1. The van der Waals surface area contributed by atoms with Crippen LogP contribution < -0.4 is 9.64 Å². The maximum absolute atomic E-state index is 11.8. The number of benzene rings is 2. The number of carboxylic acid groups (broad SMARTS) is 1. The van der Waals surface area contributed by atoms with E-state index in [-0.39, 0.29) is 12.2 Å². The van der Waals surface area contributed by atoms with E-state index in [0.29, 0.717) is 11.3 Å². The number of methoxy groups -OCH3 is 1. The number of morpholine rings is 1. The quantitative estimate of drug-likeness (QED) is 0.582. The molecule has 0 atom stereocenters. The molecular formula is C22H25NO5. The topological polar surface area (TPSA) is 68.2 Å². The van der Waals surface area contributed by atoms with Crippen LogP contribution in [0, 0.1) is 0 Å². The van der Waals surface area contributed by atoms with E-state index in [1.807, 2.05) is 36.4 Å². The van der Waals surface area contributed by atoms with Crippen LogP contribution in [0.5, 0.6) is 5.75 Å². The molecule has 148 valence electrons. The number of hydrogen-bond donors (Lipinski definition) is 1. The Labute approximate surface area is 164 Å². The first-order valence-electron chi connectivity index (χ1n) is 9.22. The number of ether oxygens (including phenoxy) is 3. The standard InChI is InChI=1S/C22H25NO5/c1-16(26-2)21(22(24)25)20-9-4-3-6-17(20)15-28-19-8-5-7-18(14-19)23-10-12-27-13-11-23/h3-9,14H,10-13,15H2,1-2H3,(H,24,25). The highest BCUT2D eigenvalue weighted by Gasteiger charge is 2.19. The number of rotatable bonds is 7. The van der Waals surface area contributed by atoms with Crippen molar-refractivity contribution in [3.05, 3.63) is 65.4 Å². The summed E-state index contributed by atoms with van der Waals surface area (Å²) in [6, 6.07) is 15.2. The normalized spacial score (nSPS) is 15.0.